The molecule has 1 aliphatic heterocycles. The van der Waals surface area contributed by atoms with Crippen LogP contribution >= 0.6 is 0 Å². The summed E-state index contributed by atoms with van der Waals surface area (Å²) in [5.74, 6) is -0.187. The summed E-state index contributed by atoms with van der Waals surface area (Å²) in [6.07, 6.45) is 5.95. The molecule has 7 heteroatoms. The van der Waals surface area contributed by atoms with E-state index in [2.05, 4.69) is 27.7 Å². The lowest BCUT2D eigenvalue weighted by Crippen LogP contribution is -2.28. The number of nitrogen functional groups attached to an aromatic ring is 1. The van der Waals surface area contributed by atoms with Crippen LogP contribution < -0.4 is 5.73 Å². The molecule has 4 rings (SSSR count). The van der Waals surface area contributed by atoms with Gasteiger partial charge in [0, 0.05) is 6.20 Å². The fourth-order valence-electron chi connectivity index (χ4n) is 3.80. The quantitative estimate of drug-likeness (QED) is 0.830. The van der Waals surface area contributed by atoms with Crippen LogP contribution in [0.15, 0.2) is 24.2 Å². The van der Waals surface area contributed by atoms with Gasteiger partial charge in [0.15, 0.2) is 5.79 Å². The van der Waals surface area contributed by atoms with Gasteiger partial charge >= 0.3 is 0 Å². The molecule has 24 heavy (non-hydrogen) atoms. The Morgan fingerprint density at radius 1 is 1.33 bits per heavy atom. The molecule has 0 spiro atoms. The summed E-state index contributed by atoms with van der Waals surface area (Å²) in [7, 11) is 0. The molecule has 3 N–H and O–H groups in total. The van der Waals surface area contributed by atoms with Crippen LogP contribution in [0.2, 0.25) is 0 Å². The third kappa shape index (κ3) is 2.16. The van der Waals surface area contributed by atoms with E-state index in [1.54, 1.807) is 0 Å². The Bertz CT molecular complexity index is 827. The normalized spacial score (nSPS) is 28.3. The number of hydrogen-bond acceptors (Lipinski definition) is 6. The van der Waals surface area contributed by atoms with Gasteiger partial charge in [-0.2, -0.15) is 0 Å². The lowest BCUT2D eigenvalue weighted by molar-refractivity contribution is -0.148. The SMILES string of the molecule is CCc1cn(C2C=C(CO)C3OC(C)(C)OC32)c2ncnc(N)c12. The van der Waals surface area contributed by atoms with Crippen LogP contribution in [0.25, 0.3) is 11.0 Å². The molecule has 3 heterocycles. The van der Waals surface area contributed by atoms with Crippen LogP contribution in [0.4, 0.5) is 5.82 Å². The highest BCUT2D eigenvalue weighted by Crippen LogP contribution is 2.44. The van der Waals surface area contributed by atoms with Crippen molar-refractivity contribution in [3.63, 3.8) is 0 Å². The van der Waals surface area contributed by atoms with Gasteiger partial charge in [-0.3, -0.25) is 0 Å². The van der Waals surface area contributed by atoms with Crippen molar-refractivity contribution in [2.24, 2.45) is 0 Å². The predicted octanol–water partition coefficient (Wildman–Crippen LogP) is 1.57. The molecule has 0 saturated carbocycles. The summed E-state index contributed by atoms with van der Waals surface area (Å²) in [6, 6.07) is -0.101. The molecule has 1 saturated heterocycles. The summed E-state index contributed by atoms with van der Waals surface area (Å²) in [5, 5.41) is 10.6. The van der Waals surface area contributed by atoms with Crippen molar-refractivity contribution in [1.82, 2.24) is 14.5 Å². The van der Waals surface area contributed by atoms with Crippen LogP contribution in [-0.2, 0) is 15.9 Å². The van der Waals surface area contributed by atoms with E-state index in [0.29, 0.717) is 5.82 Å². The molecule has 0 amide bonds. The third-order valence-corrected chi connectivity index (χ3v) is 4.82. The van der Waals surface area contributed by atoms with Gasteiger partial charge in [-0.25, -0.2) is 9.97 Å². The van der Waals surface area contributed by atoms with E-state index in [-0.39, 0.29) is 24.9 Å². The van der Waals surface area contributed by atoms with Crippen molar-refractivity contribution >= 4 is 16.9 Å². The predicted molar refractivity (Wildman–Crippen MR) is 89.3 cm³/mol. The highest BCUT2D eigenvalue weighted by Gasteiger charge is 2.50. The molecule has 2 aromatic heterocycles. The lowest BCUT2D eigenvalue weighted by Gasteiger charge is -2.22. The van der Waals surface area contributed by atoms with E-state index < -0.39 is 5.79 Å². The highest BCUT2D eigenvalue weighted by atomic mass is 16.8. The van der Waals surface area contributed by atoms with E-state index in [1.165, 1.54) is 6.33 Å². The maximum absolute atomic E-state index is 9.70. The summed E-state index contributed by atoms with van der Waals surface area (Å²) in [5.41, 5.74) is 8.80. The number of aliphatic hydroxyl groups is 1. The maximum Gasteiger partial charge on any atom is 0.164 e. The second-order valence-corrected chi connectivity index (χ2v) is 6.78. The maximum atomic E-state index is 9.70. The number of hydrogen-bond donors (Lipinski definition) is 2. The zero-order chi connectivity index (χ0) is 17.1. The molecule has 3 atom stereocenters. The van der Waals surface area contributed by atoms with Gasteiger partial charge in [0.1, 0.15) is 30.0 Å². The first-order valence-corrected chi connectivity index (χ1v) is 8.22. The van der Waals surface area contributed by atoms with E-state index in [4.69, 9.17) is 15.2 Å². The summed E-state index contributed by atoms with van der Waals surface area (Å²) in [4.78, 5) is 8.56. The van der Waals surface area contributed by atoms with Crippen molar-refractivity contribution in [2.45, 2.75) is 51.2 Å². The molecular formula is C17H22N4O3. The Morgan fingerprint density at radius 2 is 2.12 bits per heavy atom. The molecule has 7 nitrogen and oxygen atoms in total. The topological polar surface area (TPSA) is 95.4 Å². The largest absolute Gasteiger partial charge is 0.392 e. The van der Waals surface area contributed by atoms with Crippen LogP contribution in [0, 0.1) is 0 Å². The summed E-state index contributed by atoms with van der Waals surface area (Å²) >= 11 is 0. The van der Waals surface area contributed by atoms with Gasteiger partial charge in [0.25, 0.3) is 0 Å². The molecule has 3 unspecified atom stereocenters. The Labute approximate surface area is 140 Å². The van der Waals surface area contributed by atoms with Crippen LogP contribution in [0.1, 0.15) is 32.4 Å². The fraction of sp³-hybridized carbons (Fsp3) is 0.529. The molecular weight excluding hydrogens is 308 g/mol. The molecule has 2 aromatic rings. The minimum Gasteiger partial charge on any atom is -0.392 e. The minimum atomic E-state index is -0.674. The van der Waals surface area contributed by atoms with Gasteiger partial charge in [-0.05, 0) is 31.4 Å². The van der Waals surface area contributed by atoms with Crippen molar-refractivity contribution < 1.29 is 14.6 Å². The van der Waals surface area contributed by atoms with Gasteiger partial charge in [-0.15, -0.1) is 0 Å². The standard InChI is InChI=1S/C17H22N4O3/c1-4-9-6-21(16-12(9)15(18)19-8-20-16)11-5-10(7-22)13-14(11)24-17(2,3)23-13/h5-6,8,11,13-14,22H,4,7H2,1-3H3,(H2,18,19,20). The minimum absolute atomic E-state index is 0.0476. The Hall–Kier alpha value is -1.96. The van der Waals surface area contributed by atoms with Crippen molar-refractivity contribution in [3.05, 3.63) is 29.7 Å². The molecule has 0 aromatic carbocycles. The Morgan fingerprint density at radius 3 is 2.83 bits per heavy atom. The van der Waals surface area contributed by atoms with E-state index in [1.807, 2.05) is 19.9 Å². The number of aliphatic hydroxyl groups excluding tert-OH is 1. The second kappa shape index (κ2) is 5.27. The lowest BCUT2D eigenvalue weighted by atomic mass is 10.1. The molecule has 1 aliphatic carbocycles. The van der Waals surface area contributed by atoms with Crippen molar-refractivity contribution in [2.75, 3.05) is 12.3 Å². The fourth-order valence-corrected chi connectivity index (χ4v) is 3.80. The number of aryl methyl sites for hydroxylation is 1. The van der Waals surface area contributed by atoms with Crippen molar-refractivity contribution in [1.29, 1.82) is 0 Å². The zero-order valence-corrected chi connectivity index (χ0v) is 14.1. The van der Waals surface area contributed by atoms with Crippen LogP contribution in [0.5, 0.6) is 0 Å². The first kappa shape index (κ1) is 15.6. The van der Waals surface area contributed by atoms with E-state index in [0.717, 1.165) is 28.6 Å². The number of fused-ring (bicyclic) bond motifs is 2. The number of rotatable bonds is 3. The number of anilines is 1. The molecule has 1 fully saturated rings. The molecule has 0 radical (unpaired) electrons. The number of aromatic nitrogens is 3. The number of nitrogens with two attached hydrogens (primary N) is 1. The number of nitrogens with zero attached hydrogens (tertiary/aromatic N) is 3. The molecule has 128 valence electrons. The summed E-state index contributed by atoms with van der Waals surface area (Å²) in [6.45, 7) is 5.82. The Balaban J connectivity index is 1.86. The zero-order valence-electron chi connectivity index (χ0n) is 14.1. The second-order valence-electron chi connectivity index (χ2n) is 6.78. The Kier molecular flexibility index (Phi) is 3.42. The van der Waals surface area contributed by atoms with E-state index in [9.17, 15) is 5.11 Å². The van der Waals surface area contributed by atoms with Gasteiger partial charge < -0.3 is 24.9 Å². The highest BCUT2D eigenvalue weighted by molar-refractivity contribution is 5.90. The number of ether oxygens (including phenoxy) is 2. The van der Waals surface area contributed by atoms with E-state index >= 15 is 0 Å². The first-order chi connectivity index (χ1) is 11.4. The average Bonchev–Trinajstić information content (AvgIpc) is 3.16. The monoisotopic (exact) mass is 330 g/mol. The van der Waals surface area contributed by atoms with Crippen molar-refractivity contribution in [3.8, 4) is 0 Å². The molecule has 2 aliphatic rings. The smallest absolute Gasteiger partial charge is 0.164 e. The summed E-state index contributed by atoms with van der Waals surface area (Å²) < 4.78 is 14.2. The van der Waals surface area contributed by atoms with Crippen LogP contribution in [0.3, 0.4) is 0 Å². The average molecular weight is 330 g/mol. The van der Waals surface area contributed by atoms with Gasteiger partial charge in [0.05, 0.1) is 18.0 Å². The third-order valence-electron chi connectivity index (χ3n) is 4.82. The molecule has 0 bridgehead atoms. The van der Waals surface area contributed by atoms with Crippen LogP contribution in [-0.4, -0.2) is 44.2 Å². The first-order valence-electron chi connectivity index (χ1n) is 8.22. The van der Waals surface area contributed by atoms with Gasteiger partial charge in [0.2, 0.25) is 0 Å². The van der Waals surface area contributed by atoms with Gasteiger partial charge in [-0.1, -0.05) is 13.0 Å².